The first-order valence-electron chi connectivity index (χ1n) is 6.13. The second-order valence-electron chi connectivity index (χ2n) is 4.59. The summed E-state index contributed by atoms with van der Waals surface area (Å²) < 4.78 is 9.89. The highest BCUT2D eigenvalue weighted by Crippen LogP contribution is 2.61. The highest BCUT2D eigenvalue weighted by molar-refractivity contribution is 5.81. The molecule has 0 bridgehead atoms. The van der Waals surface area contributed by atoms with Gasteiger partial charge in [-0.2, -0.15) is 0 Å². The second-order valence-corrected chi connectivity index (χ2v) is 4.59. The van der Waals surface area contributed by atoms with Crippen molar-refractivity contribution < 1.29 is 24.2 Å². The quantitative estimate of drug-likeness (QED) is 0.720. The van der Waals surface area contributed by atoms with Crippen LogP contribution in [0.1, 0.15) is 20.3 Å². The standard InChI is InChI=1S/C12H18O5/c1-3-16-11(14)6-5-7(13)9-8(6)10(9)12(15)17-4-2/h6-10,13H,3-5H2,1-2H3. The molecule has 2 aliphatic rings. The van der Waals surface area contributed by atoms with Crippen LogP contribution in [0.4, 0.5) is 0 Å². The molecule has 0 saturated heterocycles. The second kappa shape index (κ2) is 4.64. The number of aliphatic hydroxyl groups is 1. The van der Waals surface area contributed by atoms with Crippen molar-refractivity contribution >= 4 is 11.9 Å². The van der Waals surface area contributed by atoms with Crippen LogP contribution in [0, 0.1) is 23.7 Å². The molecule has 2 aliphatic carbocycles. The van der Waals surface area contributed by atoms with Crippen molar-refractivity contribution in [3.05, 3.63) is 0 Å². The van der Waals surface area contributed by atoms with Crippen LogP contribution in [0.5, 0.6) is 0 Å². The Labute approximate surface area is 100 Å². The van der Waals surface area contributed by atoms with Gasteiger partial charge in [0.05, 0.1) is 31.2 Å². The third-order valence-electron chi connectivity index (χ3n) is 3.69. The van der Waals surface area contributed by atoms with E-state index in [1.54, 1.807) is 13.8 Å². The number of fused-ring (bicyclic) bond motifs is 1. The Morgan fingerprint density at radius 1 is 1.12 bits per heavy atom. The van der Waals surface area contributed by atoms with Crippen molar-refractivity contribution in [1.82, 2.24) is 0 Å². The van der Waals surface area contributed by atoms with Crippen molar-refractivity contribution in [2.75, 3.05) is 13.2 Å². The normalized spacial score (nSPS) is 38.4. The molecule has 0 aromatic carbocycles. The van der Waals surface area contributed by atoms with Gasteiger partial charge < -0.3 is 14.6 Å². The van der Waals surface area contributed by atoms with Crippen LogP contribution < -0.4 is 0 Å². The summed E-state index contributed by atoms with van der Waals surface area (Å²) in [6.07, 6.45) is -0.173. The van der Waals surface area contributed by atoms with Crippen LogP contribution in [0.3, 0.4) is 0 Å². The average molecular weight is 242 g/mol. The molecular weight excluding hydrogens is 224 g/mol. The van der Waals surface area contributed by atoms with Gasteiger partial charge in [-0.15, -0.1) is 0 Å². The minimum absolute atomic E-state index is 0.0805. The van der Waals surface area contributed by atoms with Crippen LogP contribution in [-0.4, -0.2) is 36.4 Å². The van der Waals surface area contributed by atoms with Gasteiger partial charge in [0.25, 0.3) is 0 Å². The van der Waals surface area contributed by atoms with E-state index >= 15 is 0 Å². The summed E-state index contributed by atoms with van der Waals surface area (Å²) >= 11 is 0. The average Bonchev–Trinajstić information content (AvgIpc) is 2.93. The fraction of sp³-hybridized carbons (Fsp3) is 0.833. The smallest absolute Gasteiger partial charge is 0.309 e. The summed E-state index contributed by atoms with van der Waals surface area (Å²) in [5.41, 5.74) is 0. The number of aliphatic hydroxyl groups excluding tert-OH is 1. The van der Waals surface area contributed by atoms with Crippen LogP contribution in [0.15, 0.2) is 0 Å². The maximum atomic E-state index is 11.7. The van der Waals surface area contributed by atoms with Gasteiger partial charge >= 0.3 is 11.9 Å². The Bertz CT molecular complexity index is 327. The molecule has 5 atom stereocenters. The molecule has 0 heterocycles. The number of esters is 2. The largest absolute Gasteiger partial charge is 0.466 e. The Morgan fingerprint density at radius 3 is 2.29 bits per heavy atom. The van der Waals surface area contributed by atoms with E-state index in [9.17, 15) is 14.7 Å². The SMILES string of the molecule is CCOC(=O)C1CC(O)C2C(C(=O)OCC)C12. The molecule has 2 saturated carbocycles. The van der Waals surface area contributed by atoms with E-state index in [4.69, 9.17) is 9.47 Å². The molecule has 0 aliphatic heterocycles. The summed E-state index contributed by atoms with van der Waals surface area (Å²) in [5, 5.41) is 9.80. The third-order valence-corrected chi connectivity index (χ3v) is 3.69. The third kappa shape index (κ3) is 2.04. The lowest BCUT2D eigenvalue weighted by molar-refractivity contribution is -0.150. The number of carbonyl (C=O) groups is 2. The molecule has 2 rings (SSSR count). The molecule has 96 valence electrons. The summed E-state index contributed by atoms with van der Waals surface area (Å²) in [6, 6.07) is 0. The van der Waals surface area contributed by atoms with Crippen LogP contribution in [0.25, 0.3) is 0 Å². The van der Waals surface area contributed by atoms with E-state index in [1.165, 1.54) is 0 Å². The van der Waals surface area contributed by atoms with Gasteiger partial charge in [-0.3, -0.25) is 9.59 Å². The highest BCUT2D eigenvalue weighted by atomic mass is 16.5. The summed E-state index contributed by atoms with van der Waals surface area (Å²) in [4.78, 5) is 23.3. The van der Waals surface area contributed by atoms with Gasteiger partial charge in [0.1, 0.15) is 0 Å². The monoisotopic (exact) mass is 242 g/mol. The summed E-state index contributed by atoms with van der Waals surface area (Å²) in [7, 11) is 0. The molecule has 0 amide bonds. The molecule has 0 radical (unpaired) electrons. The van der Waals surface area contributed by atoms with Crippen LogP contribution in [-0.2, 0) is 19.1 Å². The number of rotatable bonds is 4. The molecule has 0 aromatic heterocycles. The Hall–Kier alpha value is -1.10. The van der Waals surface area contributed by atoms with E-state index in [2.05, 4.69) is 0 Å². The molecular formula is C12H18O5. The van der Waals surface area contributed by atoms with Gasteiger partial charge in [0, 0.05) is 5.92 Å². The summed E-state index contributed by atoms with van der Waals surface area (Å²) in [6.45, 7) is 4.15. The minimum atomic E-state index is -0.580. The first-order chi connectivity index (χ1) is 8.11. The Morgan fingerprint density at radius 2 is 1.71 bits per heavy atom. The molecule has 17 heavy (non-hydrogen) atoms. The van der Waals surface area contributed by atoms with Crippen molar-refractivity contribution in [3.63, 3.8) is 0 Å². The first-order valence-corrected chi connectivity index (χ1v) is 6.13. The van der Waals surface area contributed by atoms with Crippen molar-refractivity contribution in [3.8, 4) is 0 Å². The molecule has 2 fully saturated rings. The maximum Gasteiger partial charge on any atom is 0.309 e. The fourth-order valence-electron chi connectivity index (χ4n) is 3.00. The molecule has 0 spiro atoms. The molecule has 5 unspecified atom stereocenters. The van der Waals surface area contributed by atoms with Gasteiger partial charge in [-0.05, 0) is 26.2 Å². The zero-order chi connectivity index (χ0) is 12.6. The molecule has 1 N–H and O–H groups in total. The predicted octanol–water partition coefficient (Wildman–Crippen LogP) is 0.356. The first kappa shape index (κ1) is 12.4. The van der Waals surface area contributed by atoms with E-state index in [0.29, 0.717) is 19.6 Å². The van der Waals surface area contributed by atoms with Gasteiger partial charge in [-0.1, -0.05) is 0 Å². The van der Waals surface area contributed by atoms with Crippen molar-refractivity contribution in [1.29, 1.82) is 0 Å². The zero-order valence-electron chi connectivity index (χ0n) is 10.1. The number of ether oxygens (including phenoxy) is 2. The number of hydrogen-bond acceptors (Lipinski definition) is 5. The van der Waals surface area contributed by atoms with E-state index in [1.807, 2.05) is 0 Å². The predicted molar refractivity (Wildman–Crippen MR) is 57.8 cm³/mol. The lowest BCUT2D eigenvalue weighted by atomic mass is 9.99. The van der Waals surface area contributed by atoms with E-state index in [0.717, 1.165) is 0 Å². The van der Waals surface area contributed by atoms with Gasteiger partial charge in [0.15, 0.2) is 0 Å². The Kier molecular flexibility index (Phi) is 3.38. The van der Waals surface area contributed by atoms with E-state index < -0.39 is 6.10 Å². The van der Waals surface area contributed by atoms with Crippen molar-refractivity contribution in [2.24, 2.45) is 23.7 Å². The van der Waals surface area contributed by atoms with Gasteiger partial charge in [0.2, 0.25) is 0 Å². The summed E-state index contributed by atoms with van der Waals surface area (Å²) in [5.74, 6) is -1.44. The molecule has 5 nitrogen and oxygen atoms in total. The lowest BCUT2D eigenvalue weighted by Crippen LogP contribution is -2.24. The van der Waals surface area contributed by atoms with E-state index in [-0.39, 0.29) is 35.6 Å². The topological polar surface area (TPSA) is 72.8 Å². The Balaban J connectivity index is 2.00. The van der Waals surface area contributed by atoms with Gasteiger partial charge in [-0.25, -0.2) is 0 Å². The molecule has 0 aromatic rings. The highest BCUT2D eigenvalue weighted by Gasteiger charge is 2.68. The number of hydrogen-bond donors (Lipinski definition) is 1. The maximum absolute atomic E-state index is 11.7. The van der Waals surface area contributed by atoms with Crippen molar-refractivity contribution in [2.45, 2.75) is 26.4 Å². The van der Waals surface area contributed by atoms with Crippen LogP contribution >= 0.6 is 0 Å². The lowest BCUT2D eigenvalue weighted by Gasteiger charge is -2.14. The molecule has 5 heteroatoms. The minimum Gasteiger partial charge on any atom is -0.466 e. The zero-order valence-corrected chi connectivity index (χ0v) is 10.1. The fourth-order valence-corrected chi connectivity index (χ4v) is 3.00. The number of carbonyl (C=O) groups excluding carboxylic acids is 2. The van der Waals surface area contributed by atoms with Crippen LogP contribution in [0.2, 0.25) is 0 Å².